The summed E-state index contributed by atoms with van der Waals surface area (Å²) >= 11 is 0. The Morgan fingerprint density at radius 1 is 0.750 bits per heavy atom. The summed E-state index contributed by atoms with van der Waals surface area (Å²) in [6.45, 7) is 16.4. The largest absolute Gasteiger partial charge is 0.417 e. The average molecular weight is 417 g/mol. The fourth-order valence-electron chi connectivity index (χ4n) is 3.54. The van der Waals surface area contributed by atoms with Crippen LogP contribution in [0.4, 0.5) is 0 Å². The number of unbranched alkanes of at least 4 members (excludes halogenated alkanes) is 9. The van der Waals surface area contributed by atoms with Gasteiger partial charge >= 0.3 is 0 Å². The molecule has 0 saturated heterocycles. The molecular formula is C24H52O3Si. The van der Waals surface area contributed by atoms with Crippen molar-refractivity contribution in [1.82, 2.24) is 0 Å². The molecule has 0 aromatic heterocycles. The second kappa shape index (κ2) is 15.0. The average Bonchev–Trinajstić information content (AvgIpc) is 2.62. The fourth-order valence-corrected chi connectivity index (χ4v) is 5.93. The third-order valence-corrected chi connectivity index (χ3v) is 11.8. The Balaban J connectivity index is 3.81. The Kier molecular flexibility index (Phi) is 15.0. The van der Waals surface area contributed by atoms with Crippen molar-refractivity contribution >= 4 is 8.32 Å². The van der Waals surface area contributed by atoms with E-state index in [0.717, 1.165) is 12.8 Å². The van der Waals surface area contributed by atoms with Gasteiger partial charge in [0.05, 0.1) is 12.2 Å². The molecule has 0 bridgehead atoms. The van der Waals surface area contributed by atoms with Crippen molar-refractivity contribution in [2.75, 3.05) is 6.61 Å². The van der Waals surface area contributed by atoms with Gasteiger partial charge in [-0.25, -0.2) is 0 Å². The van der Waals surface area contributed by atoms with E-state index in [0.29, 0.717) is 25.4 Å². The summed E-state index contributed by atoms with van der Waals surface area (Å²) in [4.78, 5) is 0. The summed E-state index contributed by atoms with van der Waals surface area (Å²) in [6.07, 6.45) is 12.9. The van der Waals surface area contributed by atoms with Crippen molar-refractivity contribution in [3.63, 3.8) is 0 Å². The number of hydrogen-bond acceptors (Lipinski definition) is 3. The molecule has 0 fully saturated rings. The first-order valence-corrected chi connectivity index (χ1v) is 15.0. The van der Waals surface area contributed by atoms with Gasteiger partial charge in [0.2, 0.25) is 0 Å². The molecule has 0 unspecified atom stereocenters. The standard InChI is InChI=1S/C24H52O3Si/c1-8-9-10-11-12-13-14-15-16-17-18-22(25)23(26)19-20-27-28(6,7)24(4,5)21(2)3/h21-23,25-26H,8-20H2,1-7H3/t22-,23+/m0/s1. The van der Waals surface area contributed by atoms with Gasteiger partial charge in [-0.2, -0.15) is 0 Å². The van der Waals surface area contributed by atoms with Gasteiger partial charge < -0.3 is 14.6 Å². The van der Waals surface area contributed by atoms with Crippen LogP contribution in [-0.2, 0) is 4.43 Å². The molecule has 0 radical (unpaired) electrons. The van der Waals surface area contributed by atoms with E-state index in [9.17, 15) is 10.2 Å². The Morgan fingerprint density at radius 2 is 1.18 bits per heavy atom. The van der Waals surface area contributed by atoms with E-state index in [1.165, 1.54) is 51.4 Å². The van der Waals surface area contributed by atoms with E-state index >= 15 is 0 Å². The summed E-state index contributed by atoms with van der Waals surface area (Å²) < 4.78 is 6.25. The lowest BCUT2D eigenvalue weighted by atomic mass is 9.99. The fraction of sp³-hybridized carbons (Fsp3) is 1.00. The molecular weight excluding hydrogens is 364 g/mol. The first-order valence-electron chi connectivity index (χ1n) is 12.1. The lowest BCUT2D eigenvalue weighted by Gasteiger charge is -2.42. The van der Waals surface area contributed by atoms with E-state index < -0.39 is 20.5 Å². The van der Waals surface area contributed by atoms with Crippen LogP contribution in [0.25, 0.3) is 0 Å². The quantitative estimate of drug-likeness (QED) is 0.185. The predicted octanol–water partition coefficient (Wildman–Crippen LogP) is 7.07. The van der Waals surface area contributed by atoms with Crippen LogP contribution < -0.4 is 0 Å². The smallest absolute Gasteiger partial charge is 0.192 e. The Morgan fingerprint density at radius 3 is 1.64 bits per heavy atom. The third-order valence-electron chi connectivity index (χ3n) is 7.17. The topological polar surface area (TPSA) is 49.7 Å². The van der Waals surface area contributed by atoms with E-state index in [1.807, 2.05) is 0 Å². The summed E-state index contributed by atoms with van der Waals surface area (Å²) in [5.74, 6) is 0.570. The molecule has 0 aliphatic heterocycles. The molecule has 2 N–H and O–H groups in total. The lowest BCUT2D eigenvalue weighted by Crippen LogP contribution is -2.45. The van der Waals surface area contributed by atoms with Gasteiger partial charge in [0.15, 0.2) is 8.32 Å². The maximum atomic E-state index is 10.3. The molecule has 0 aliphatic carbocycles. The van der Waals surface area contributed by atoms with Crippen LogP contribution in [0.2, 0.25) is 18.1 Å². The molecule has 28 heavy (non-hydrogen) atoms. The summed E-state index contributed by atoms with van der Waals surface area (Å²) in [7, 11) is -1.84. The highest BCUT2D eigenvalue weighted by Crippen LogP contribution is 2.44. The molecule has 2 atom stereocenters. The minimum absolute atomic E-state index is 0.187. The second-order valence-corrected chi connectivity index (χ2v) is 14.7. The lowest BCUT2D eigenvalue weighted by molar-refractivity contribution is 0.000642. The highest BCUT2D eigenvalue weighted by molar-refractivity contribution is 6.74. The van der Waals surface area contributed by atoms with Gasteiger partial charge in [0.25, 0.3) is 0 Å². The van der Waals surface area contributed by atoms with Crippen LogP contribution in [0.3, 0.4) is 0 Å². The predicted molar refractivity (Wildman–Crippen MR) is 125 cm³/mol. The van der Waals surface area contributed by atoms with Gasteiger partial charge in [-0.3, -0.25) is 0 Å². The van der Waals surface area contributed by atoms with Crippen LogP contribution in [0.15, 0.2) is 0 Å². The van der Waals surface area contributed by atoms with Crippen molar-refractivity contribution in [3.8, 4) is 0 Å². The van der Waals surface area contributed by atoms with E-state index in [-0.39, 0.29) is 5.04 Å². The molecule has 0 amide bonds. The molecule has 0 aromatic carbocycles. The van der Waals surface area contributed by atoms with Gasteiger partial charge in [-0.15, -0.1) is 0 Å². The highest BCUT2D eigenvalue weighted by Gasteiger charge is 2.43. The number of aliphatic hydroxyl groups is 2. The molecule has 0 heterocycles. The highest BCUT2D eigenvalue weighted by atomic mass is 28.4. The second-order valence-electron chi connectivity index (χ2n) is 10.1. The maximum Gasteiger partial charge on any atom is 0.192 e. The Hall–Kier alpha value is 0.0969. The zero-order chi connectivity index (χ0) is 21.6. The first-order chi connectivity index (χ1) is 13.1. The molecule has 4 heteroatoms. The van der Waals surface area contributed by atoms with Crippen molar-refractivity contribution in [2.24, 2.45) is 5.92 Å². The van der Waals surface area contributed by atoms with Crippen molar-refractivity contribution in [2.45, 2.75) is 142 Å². The van der Waals surface area contributed by atoms with Gasteiger partial charge in [0, 0.05) is 6.61 Å². The minimum Gasteiger partial charge on any atom is -0.417 e. The van der Waals surface area contributed by atoms with Gasteiger partial charge in [-0.1, -0.05) is 98.8 Å². The minimum atomic E-state index is -1.84. The summed E-state index contributed by atoms with van der Waals surface area (Å²) in [5.41, 5.74) is 0. The normalized spacial score (nSPS) is 15.2. The molecule has 0 spiro atoms. The molecule has 170 valence electrons. The SMILES string of the molecule is CCCCCCCCCCCC[C@H](O)[C@H](O)CCO[Si](C)(C)C(C)(C)C(C)C. The molecule has 0 rings (SSSR count). The van der Waals surface area contributed by atoms with Crippen LogP contribution in [0.1, 0.15) is 112 Å². The number of rotatable bonds is 18. The number of aliphatic hydroxyl groups excluding tert-OH is 2. The maximum absolute atomic E-state index is 10.3. The van der Waals surface area contributed by atoms with Gasteiger partial charge in [-0.05, 0) is 36.9 Å². The molecule has 3 nitrogen and oxygen atoms in total. The van der Waals surface area contributed by atoms with Crippen molar-refractivity contribution in [1.29, 1.82) is 0 Å². The van der Waals surface area contributed by atoms with Crippen molar-refractivity contribution < 1.29 is 14.6 Å². The summed E-state index contributed by atoms with van der Waals surface area (Å²) in [6, 6.07) is 0. The Labute approximate surface area is 177 Å². The van der Waals surface area contributed by atoms with Gasteiger partial charge in [0.1, 0.15) is 0 Å². The zero-order valence-electron chi connectivity index (χ0n) is 20.2. The molecule has 0 aromatic rings. The monoisotopic (exact) mass is 416 g/mol. The molecule has 0 aliphatic rings. The number of hydrogen-bond donors (Lipinski definition) is 2. The Bertz CT molecular complexity index is 369. The van der Waals surface area contributed by atoms with Crippen LogP contribution in [0.5, 0.6) is 0 Å². The van der Waals surface area contributed by atoms with Crippen LogP contribution in [-0.4, -0.2) is 37.3 Å². The third kappa shape index (κ3) is 11.3. The van der Waals surface area contributed by atoms with Crippen LogP contribution >= 0.6 is 0 Å². The van der Waals surface area contributed by atoms with E-state index in [2.05, 4.69) is 47.7 Å². The first kappa shape index (κ1) is 28.1. The van der Waals surface area contributed by atoms with Crippen molar-refractivity contribution in [3.05, 3.63) is 0 Å². The molecule has 0 saturated carbocycles. The zero-order valence-corrected chi connectivity index (χ0v) is 21.2. The van der Waals surface area contributed by atoms with Crippen LogP contribution in [0, 0.1) is 5.92 Å². The van der Waals surface area contributed by atoms with E-state index in [1.54, 1.807) is 0 Å². The van der Waals surface area contributed by atoms with E-state index in [4.69, 9.17) is 4.43 Å². The summed E-state index contributed by atoms with van der Waals surface area (Å²) in [5, 5.41) is 20.7.